The van der Waals surface area contributed by atoms with Crippen molar-refractivity contribution in [1.82, 2.24) is 0 Å². The molecule has 25 heavy (non-hydrogen) atoms. The molecule has 0 unspecified atom stereocenters. The number of nitrogens with zero attached hydrogens (tertiary/aromatic N) is 1. The largest absolute Gasteiger partial charge is 0.489 e. The third kappa shape index (κ3) is 4.03. The number of benzene rings is 2. The maximum absolute atomic E-state index is 12.8. The Morgan fingerprint density at radius 1 is 1.20 bits per heavy atom. The standard InChI is InChI=1S/C19H14BrNO2S2/c1-2-11-23-16-6-4-3-5-13(16)12-17-18(22)21(19(24)25-17)15-9-7-14(20)8-10-15/h2-10,12H,1,11H2/b17-12-. The van der Waals surface area contributed by atoms with Gasteiger partial charge in [0.25, 0.3) is 5.91 Å². The highest BCUT2D eigenvalue weighted by Gasteiger charge is 2.33. The number of ether oxygens (including phenoxy) is 1. The molecule has 1 aliphatic rings. The van der Waals surface area contributed by atoms with E-state index in [0.717, 1.165) is 15.7 Å². The van der Waals surface area contributed by atoms with Gasteiger partial charge in [-0.05, 0) is 36.4 Å². The number of thioether (sulfide) groups is 1. The lowest BCUT2D eigenvalue weighted by molar-refractivity contribution is -0.113. The SMILES string of the molecule is C=CCOc1ccccc1/C=C1\SC(=S)N(c2ccc(Br)cc2)C1=O. The molecule has 0 N–H and O–H groups in total. The van der Waals surface area contributed by atoms with E-state index in [1.54, 1.807) is 11.0 Å². The van der Waals surface area contributed by atoms with Crippen LogP contribution in [0.25, 0.3) is 6.08 Å². The minimum atomic E-state index is -0.129. The van der Waals surface area contributed by atoms with Gasteiger partial charge in [-0.1, -0.05) is 70.8 Å². The smallest absolute Gasteiger partial charge is 0.270 e. The first-order chi connectivity index (χ1) is 12.1. The van der Waals surface area contributed by atoms with Gasteiger partial charge in [0, 0.05) is 10.0 Å². The molecule has 3 nitrogen and oxygen atoms in total. The zero-order valence-electron chi connectivity index (χ0n) is 13.1. The molecular weight excluding hydrogens is 418 g/mol. The minimum absolute atomic E-state index is 0.129. The molecule has 0 spiro atoms. The molecule has 0 atom stereocenters. The van der Waals surface area contributed by atoms with Crippen LogP contribution in [0.1, 0.15) is 5.56 Å². The Hall–Kier alpha value is -1.89. The fourth-order valence-corrected chi connectivity index (χ4v) is 3.86. The first-order valence-electron chi connectivity index (χ1n) is 7.46. The predicted molar refractivity (Wildman–Crippen MR) is 112 cm³/mol. The van der Waals surface area contributed by atoms with E-state index in [-0.39, 0.29) is 5.91 Å². The highest BCUT2D eigenvalue weighted by molar-refractivity contribution is 9.10. The number of carbonyl (C=O) groups is 1. The minimum Gasteiger partial charge on any atom is -0.489 e. The Balaban J connectivity index is 1.91. The maximum atomic E-state index is 12.8. The molecule has 3 rings (SSSR count). The monoisotopic (exact) mass is 431 g/mol. The maximum Gasteiger partial charge on any atom is 0.270 e. The predicted octanol–water partition coefficient (Wildman–Crippen LogP) is 5.42. The van der Waals surface area contributed by atoms with Crippen LogP contribution < -0.4 is 9.64 Å². The second kappa shape index (κ2) is 7.99. The number of halogens is 1. The third-order valence-electron chi connectivity index (χ3n) is 3.44. The molecule has 0 radical (unpaired) electrons. The molecule has 126 valence electrons. The molecule has 1 aliphatic heterocycles. The van der Waals surface area contributed by atoms with Gasteiger partial charge >= 0.3 is 0 Å². The van der Waals surface area contributed by atoms with Crippen molar-refractivity contribution in [3.63, 3.8) is 0 Å². The Bertz CT molecular complexity index is 862. The van der Waals surface area contributed by atoms with E-state index >= 15 is 0 Å². The summed E-state index contributed by atoms with van der Waals surface area (Å²) in [5.74, 6) is 0.576. The third-order valence-corrected chi connectivity index (χ3v) is 5.27. The molecule has 1 amide bonds. The lowest BCUT2D eigenvalue weighted by Crippen LogP contribution is -2.27. The van der Waals surface area contributed by atoms with Gasteiger partial charge < -0.3 is 4.74 Å². The summed E-state index contributed by atoms with van der Waals surface area (Å²) in [4.78, 5) is 14.9. The fourth-order valence-electron chi connectivity index (χ4n) is 2.30. The lowest BCUT2D eigenvalue weighted by atomic mass is 10.2. The summed E-state index contributed by atoms with van der Waals surface area (Å²) in [6.45, 7) is 4.06. The number of hydrogen-bond donors (Lipinski definition) is 0. The first-order valence-corrected chi connectivity index (χ1v) is 9.48. The lowest BCUT2D eigenvalue weighted by Gasteiger charge is -2.14. The van der Waals surface area contributed by atoms with Crippen LogP contribution in [0, 0.1) is 0 Å². The number of carbonyl (C=O) groups excluding carboxylic acids is 1. The van der Waals surface area contributed by atoms with Crippen LogP contribution in [-0.2, 0) is 4.79 Å². The highest BCUT2D eigenvalue weighted by atomic mass is 79.9. The Kier molecular flexibility index (Phi) is 5.73. The van der Waals surface area contributed by atoms with Crippen LogP contribution in [0.5, 0.6) is 5.75 Å². The normalized spacial score (nSPS) is 15.7. The molecule has 0 aromatic heterocycles. The van der Waals surface area contributed by atoms with Crippen LogP contribution in [0.15, 0.2) is 70.6 Å². The second-order valence-electron chi connectivity index (χ2n) is 5.13. The number of anilines is 1. The van der Waals surface area contributed by atoms with Gasteiger partial charge in [-0.3, -0.25) is 9.69 Å². The van der Waals surface area contributed by atoms with Crippen molar-refractivity contribution in [1.29, 1.82) is 0 Å². The van der Waals surface area contributed by atoms with Crippen molar-refractivity contribution in [2.24, 2.45) is 0 Å². The van der Waals surface area contributed by atoms with Gasteiger partial charge in [0.2, 0.25) is 0 Å². The number of amides is 1. The van der Waals surface area contributed by atoms with Crippen molar-refractivity contribution < 1.29 is 9.53 Å². The van der Waals surface area contributed by atoms with Crippen molar-refractivity contribution in [3.05, 3.63) is 76.1 Å². The Morgan fingerprint density at radius 2 is 1.92 bits per heavy atom. The van der Waals surface area contributed by atoms with Crippen molar-refractivity contribution in [2.75, 3.05) is 11.5 Å². The summed E-state index contributed by atoms with van der Waals surface area (Å²) >= 11 is 10.1. The molecule has 1 saturated heterocycles. The Labute approximate surface area is 164 Å². The van der Waals surface area contributed by atoms with E-state index in [1.807, 2.05) is 54.6 Å². The van der Waals surface area contributed by atoms with Crippen molar-refractivity contribution >= 4 is 61.9 Å². The van der Waals surface area contributed by atoms with Gasteiger partial charge in [0.05, 0.1) is 10.6 Å². The molecule has 6 heteroatoms. The zero-order valence-corrected chi connectivity index (χ0v) is 16.4. The topological polar surface area (TPSA) is 29.5 Å². The molecular formula is C19H14BrNO2S2. The highest BCUT2D eigenvalue weighted by Crippen LogP contribution is 2.37. The summed E-state index contributed by atoms with van der Waals surface area (Å²) < 4.78 is 7.11. The quantitative estimate of drug-likeness (QED) is 0.359. The fraction of sp³-hybridized carbons (Fsp3) is 0.0526. The summed E-state index contributed by atoms with van der Waals surface area (Å²) in [6, 6.07) is 15.1. The van der Waals surface area contributed by atoms with Crippen molar-refractivity contribution in [2.45, 2.75) is 0 Å². The molecule has 0 aliphatic carbocycles. The molecule has 2 aromatic rings. The first kappa shape index (κ1) is 17.9. The van der Waals surface area contributed by atoms with Gasteiger partial charge in [0.15, 0.2) is 4.32 Å². The van der Waals surface area contributed by atoms with E-state index in [9.17, 15) is 4.79 Å². The molecule has 1 fully saturated rings. The summed E-state index contributed by atoms with van der Waals surface area (Å²) in [5, 5.41) is 0. The number of thiocarbonyl (C=S) groups is 1. The summed E-state index contributed by atoms with van der Waals surface area (Å²) in [5.41, 5.74) is 1.59. The average Bonchev–Trinajstić information content (AvgIpc) is 2.89. The number of hydrogen-bond acceptors (Lipinski definition) is 4. The number of para-hydroxylation sites is 1. The van der Waals surface area contributed by atoms with E-state index < -0.39 is 0 Å². The van der Waals surface area contributed by atoms with Gasteiger partial charge in [-0.25, -0.2) is 0 Å². The Morgan fingerprint density at radius 3 is 2.64 bits per heavy atom. The molecule has 0 saturated carbocycles. The average molecular weight is 432 g/mol. The van der Waals surface area contributed by atoms with E-state index in [2.05, 4.69) is 22.5 Å². The van der Waals surface area contributed by atoms with Gasteiger partial charge in [-0.2, -0.15) is 0 Å². The van der Waals surface area contributed by atoms with Gasteiger partial charge in [0.1, 0.15) is 12.4 Å². The summed E-state index contributed by atoms with van der Waals surface area (Å²) in [7, 11) is 0. The molecule has 0 bridgehead atoms. The van der Waals surface area contributed by atoms with E-state index in [4.69, 9.17) is 17.0 Å². The molecule has 1 heterocycles. The number of rotatable bonds is 5. The van der Waals surface area contributed by atoms with Crippen LogP contribution in [-0.4, -0.2) is 16.8 Å². The zero-order chi connectivity index (χ0) is 17.8. The van der Waals surface area contributed by atoms with Crippen molar-refractivity contribution in [3.8, 4) is 5.75 Å². The second-order valence-corrected chi connectivity index (χ2v) is 7.72. The van der Waals surface area contributed by atoms with Crippen LogP contribution >= 0.6 is 39.9 Å². The molecule has 2 aromatic carbocycles. The van der Waals surface area contributed by atoms with Crippen LogP contribution in [0.3, 0.4) is 0 Å². The van der Waals surface area contributed by atoms with E-state index in [0.29, 0.717) is 21.6 Å². The van der Waals surface area contributed by atoms with E-state index in [1.165, 1.54) is 11.8 Å². The van der Waals surface area contributed by atoms with Crippen LogP contribution in [0.2, 0.25) is 0 Å². The summed E-state index contributed by atoms with van der Waals surface area (Å²) in [6.07, 6.45) is 3.50. The van der Waals surface area contributed by atoms with Gasteiger partial charge in [-0.15, -0.1) is 0 Å². The van der Waals surface area contributed by atoms with Crippen LogP contribution in [0.4, 0.5) is 5.69 Å².